The van der Waals surface area contributed by atoms with Crippen LogP contribution in [0.15, 0.2) is 15.8 Å². The van der Waals surface area contributed by atoms with Gasteiger partial charge in [-0.1, -0.05) is 0 Å². The van der Waals surface area contributed by atoms with Gasteiger partial charge in [0.2, 0.25) is 0 Å². The van der Waals surface area contributed by atoms with E-state index in [9.17, 15) is 0 Å². The first kappa shape index (κ1) is 6.01. The van der Waals surface area contributed by atoms with Gasteiger partial charge in [0.15, 0.2) is 12.2 Å². The third-order valence-electron chi connectivity index (χ3n) is 1.03. The van der Waals surface area contributed by atoms with E-state index in [0.29, 0.717) is 0 Å². The van der Waals surface area contributed by atoms with Crippen LogP contribution in [-0.4, -0.2) is 18.2 Å². The Morgan fingerprint density at radius 3 is 3.00 bits per heavy atom. The predicted octanol–water partition coefficient (Wildman–Crippen LogP) is 1.03. The summed E-state index contributed by atoms with van der Waals surface area (Å²) in [7, 11) is 1.70. The quantitative estimate of drug-likeness (QED) is 0.524. The van der Waals surface area contributed by atoms with Gasteiger partial charge in [-0.05, 0) is 6.92 Å². The molecule has 0 aromatic carbocycles. The average Bonchev–Trinajstić information content (AvgIpc) is 2.18. The Balaban J connectivity index is 2.94. The Hall–Kier alpha value is -1.12. The molecule has 0 saturated carbocycles. The summed E-state index contributed by atoms with van der Waals surface area (Å²) >= 11 is 0. The Labute approximate surface area is 53.4 Å². The lowest BCUT2D eigenvalue weighted by molar-refractivity contribution is 0.550. The maximum atomic E-state index is 4.94. The predicted molar refractivity (Wildman–Crippen MR) is 34.8 cm³/mol. The second kappa shape index (κ2) is 2.44. The summed E-state index contributed by atoms with van der Waals surface area (Å²) in [6.45, 7) is 1.88. The van der Waals surface area contributed by atoms with E-state index in [1.807, 2.05) is 6.92 Å². The smallest absolute Gasteiger partial charge is 0.181 e. The Kier molecular flexibility index (Phi) is 1.63. The fourth-order valence-electron chi connectivity index (χ4n) is 0.552. The van der Waals surface area contributed by atoms with Crippen LogP contribution in [0.1, 0.15) is 11.5 Å². The normalized spacial score (nSPS) is 10.9. The third-order valence-corrected chi connectivity index (χ3v) is 1.03. The highest BCUT2D eigenvalue weighted by atomic mass is 16.3. The zero-order valence-electron chi connectivity index (χ0n) is 5.46. The van der Waals surface area contributed by atoms with Crippen molar-refractivity contribution in [2.24, 2.45) is 4.99 Å². The van der Waals surface area contributed by atoms with E-state index in [1.54, 1.807) is 13.3 Å². The fraction of sp³-hybridized carbons (Fsp3) is 0.333. The van der Waals surface area contributed by atoms with Gasteiger partial charge in [-0.3, -0.25) is 4.99 Å². The van der Waals surface area contributed by atoms with Crippen molar-refractivity contribution in [2.75, 3.05) is 7.05 Å². The molecule has 0 radical (unpaired) electrons. The maximum absolute atomic E-state index is 4.94. The number of aliphatic imine (C=N–C) groups is 1. The second-order valence-electron chi connectivity index (χ2n) is 1.69. The first-order valence-electron chi connectivity index (χ1n) is 2.67. The molecule has 0 aliphatic carbocycles. The second-order valence-corrected chi connectivity index (χ2v) is 1.69. The average molecular weight is 124 g/mol. The van der Waals surface area contributed by atoms with Crippen LogP contribution in [0.25, 0.3) is 0 Å². The standard InChI is InChI=1S/C6H8N2O/c1-5-6(3-7-2)9-4-8-5/h3-4H,1-2H3. The molecule has 0 N–H and O–H groups in total. The topological polar surface area (TPSA) is 38.4 Å². The largest absolute Gasteiger partial charge is 0.442 e. The number of aromatic nitrogens is 1. The van der Waals surface area contributed by atoms with Crippen molar-refractivity contribution in [3.05, 3.63) is 17.8 Å². The van der Waals surface area contributed by atoms with E-state index < -0.39 is 0 Å². The van der Waals surface area contributed by atoms with E-state index in [2.05, 4.69) is 9.98 Å². The van der Waals surface area contributed by atoms with Gasteiger partial charge >= 0.3 is 0 Å². The van der Waals surface area contributed by atoms with Crippen LogP contribution in [0, 0.1) is 6.92 Å². The van der Waals surface area contributed by atoms with E-state index in [1.165, 1.54) is 6.39 Å². The molecule has 0 spiro atoms. The SMILES string of the molecule is CN=Cc1ocnc1C. The van der Waals surface area contributed by atoms with Gasteiger partial charge < -0.3 is 4.42 Å². The summed E-state index contributed by atoms with van der Waals surface area (Å²) in [4.78, 5) is 7.66. The molecule has 0 saturated heterocycles. The minimum absolute atomic E-state index is 0.734. The van der Waals surface area contributed by atoms with Crippen molar-refractivity contribution >= 4 is 6.21 Å². The minimum atomic E-state index is 0.734. The van der Waals surface area contributed by atoms with Crippen molar-refractivity contribution in [1.82, 2.24) is 4.98 Å². The van der Waals surface area contributed by atoms with E-state index in [0.717, 1.165) is 11.5 Å². The van der Waals surface area contributed by atoms with Crippen LogP contribution < -0.4 is 0 Å². The summed E-state index contributed by atoms with van der Waals surface area (Å²) in [5.74, 6) is 0.734. The summed E-state index contributed by atoms with van der Waals surface area (Å²) in [6, 6.07) is 0. The lowest BCUT2D eigenvalue weighted by atomic mass is 10.4. The van der Waals surface area contributed by atoms with Crippen molar-refractivity contribution in [3.8, 4) is 0 Å². The molecule has 0 aliphatic rings. The van der Waals surface area contributed by atoms with Crippen LogP contribution in [0.2, 0.25) is 0 Å². The van der Waals surface area contributed by atoms with Crippen molar-refractivity contribution < 1.29 is 4.42 Å². The molecule has 0 amide bonds. The Morgan fingerprint density at radius 1 is 1.78 bits per heavy atom. The molecule has 1 aromatic heterocycles. The van der Waals surface area contributed by atoms with Gasteiger partial charge in [-0.15, -0.1) is 0 Å². The van der Waals surface area contributed by atoms with E-state index >= 15 is 0 Å². The lowest BCUT2D eigenvalue weighted by Gasteiger charge is -1.80. The summed E-state index contributed by atoms with van der Waals surface area (Å²) < 4.78 is 4.94. The van der Waals surface area contributed by atoms with Gasteiger partial charge in [0.1, 0.15) is 0 Å². The number of oxazole rings is 1. The Bertz CT molecular complexity index is 215. The van der Waals surface area contributed by atoms with Gasteiger partial charge in [0, 0.05) is 7.05 Å². The maximum Gasteiger partial charge on any atom is 0.181 e. The zero-order valence-corrected chi connectivity index (χ0v) is 5.46. The summed E-state index contributed by atoms with van der Waals surface area (Å²) in [6.07, 6.45) is 3.05. The molecule has 48 valence electrons. The van der Waals surface area contributed by atoms with E-state index in [4.69, 9.17) is 4.42 Å². The van der Waals surface area contributed by atoms with Crippen LogP contribution in [-0.2, 0) is 0 Å². The number of hydrogen-bond acceptors (Lipinski definition) is 3. The van der Waals surface area contributed by atoms with Crippen LogP contribution in [0.5, 0.6) is 0 Å². The highest BCUT2D eigenvalue weighted by Gasteiger charge is 1.96. The van der Waals surface area contributed by atoms with Crippen LogP contribution >= 0.6 is 0 Å². The minimum Gasteiger partial charge on any atom is -0.442 e. The molecular weight excluding hydrogens is 116 g/mol. The van der Waals surface area contributed by atoms with Gasteiger partial charge in [-0.25, -0.2) is 4.98 Å². The molecule has 0 fully saturated rings. The number of rotatable bonds is 1. The molecule has 3 nitrogen and oxygen atoms in total. The molecule has 1 heterocycles. The number of nitrogens with zero attached hydrogens (tertiary/aromatic N) is 2. The molecule has 0 unspecified atom stereocenters. The molecule has 0 atom stereocenters. The first-order valence-corrected chi connectivity index (χ1v) is 2.67. The van der Waals surface area contributed by atoms with Gasteiger partial charge in [0.05, 0.1) is 11.9 Å². The zero-order chi connectivity index (χ0) is 6.69. The molecule has 1 aromatic rings. The molecular formula is C6H8N2O. The van der Waals surface area contributed by atoms with Gasteiger partial charge in [0.25, 0.3) is 0 Å². The molecule has 9 heavy (non-hydrogen) atoms. The molecule has 3 heteroatoms. The molecule has 1 rings (SSSR count). The lowest BCUT2D eigenvalue weighted by Crippen LogP contribution is -1.79. The van der Waals surface area contributed by atoms with Crippen molar-refractivity contribution in [1.29, 1.82) is 0 Å². The summed E-state index contributed by atoms with van der Waals surface area (Å²) in [5, 5.41) is 0. The van der Waals surface area contributed by atoms with Crippen LogP contribution in [0.3, 0.4) is 0 Å². The molecule has 0 bridgehead atoms. The highest BCUT2D eigenvalue weighted by molar-refractivity contribution is 5.76. The first-order chi connectivity index (χ1) is 4.34. The van der Waals surface area contributed by atoms with Gasteiger partial charge in [-0.2, -0.15) is 0 Å². The highest BCUT2D eigenvalue weighted by Crippen LogP contribution is 1.99. The van der Waals surface area contributed by atoms with Crippen LogP contribution in [0.4, 0.5) is 0 Å². The molecule has 0 aliphatic heterocycles. The third kappa shape index (κ3) is 1.16. The van der Waals surface area contributed by atoms with Crippen molar-refractivity contribution in [2.45, 2.75) is 6.92 Å². The van der Waals surface area contributed by atoms with Crippen molar-refractivity contribution in [3.63, 3.8) is 0 Å². The Morgan fingerprint density at radius 2 is 2.56 bits per heavy atom. The monoisotopic (exact) mass is 124 g/mol. The summed E-state index contributed by atoms with van der Waals surface area (Å²) in [5.41, 5.74) is 0.876. The number of aryl methyl sites for hydroxylation is 1. The number of hydrogen-bond donors (Lipinski definition) is 0. The fourth-order valence-corrected chi connectivity index (χ4v) is 0.552. The van der Waals surface area contributed by atoms with E-state index in [-0.39, 0.29) is 0 Å².